The van der Waals surface area contributed by atoms with Crippen molar-refractivity contribution in [2.75, 3.05) is 23.3 Å². The summed E-state index contributed by atoms with van der Waals surface area (Å²) < 4.78 is 56.2. The molecule has 1 aliphatic rings. The maximum Gasteiger partial charge on any atom is 0.266 e. The number of nitrogens with one attached hydrogen (secondary N) is 1. The molecule has 3 aromatic rings. The van der Waals surface area contributed by atoms with Crippen molar-refractivity contribution in [1.29, 1.82) is 0 Å². The van der Waals surface area contributed by atoms with Crippen molar-refractivity contribution in [3.05, 3.63) is 65.7 Å². The minimum absolute atomic E-state index is 0.000876. The van der Waals surface area contributed by atoms with E-state index in [-0.39, 0.29) is 40.8 Å². The molecule has 6 nitrogen and oxygen atoms in total. The lowest BCUT2D eigenvalue weighted by Gasteiger charge is -2.22. The number of pyridine rings is 1. The van der Waals surface area contributed by atoms with Crippen LogP contribution in [0.25, 0.3) is 11.3 Å². The molecule has 33 heavy (non-hydrogen) atoms. The summed E-state index contributed by atoms with van der Waals surface area (Å²) in [4.78, 5) is 26.7. The lowest BCUT2D eigenvalue weighted by Crippen LogP contribution is -2.27. The predicted octanol–water partition coefficient (Wildman–Crippen LogP) is 5.04. The second kappa shape index (κ2) is 8.76. The molecule has 1 aliphatic heterocycles. The van der Waals surface area contributed by atoms with Crippen LogP contribution >= 0.6 is 0 Å². The van der Waals surface area contributed by atoms with Crippen LogP contribution < -0.4 is 10.2 Å². The Hall–Kier alpha value is -3.56. The molecule has 1 saturated heterocycles. The summed E-state index contributed by atoms with van der Waals surface area (Å²) in [6.07, 6.45) is 2.06. The van der Waals surface area contributed by atoms with Gasteiger partial charge in [0.25, 0.3) is 11.8 Å². The molecule has 0 radical (unpaired) electrons. The number of hydrogen-bond donors (Lipinski definition) is 1. The van der Waals surface area contributed by atoms with Gasteiger partial charge >= 0.3 is 0 Å². The lowest BCUT2D eigenvalue weighted by atomic mass is 10.1. The summed E-state index contributed by atoms with van der Waals surface area (Å²) in [5, 5.41) is 2.61. The van der Waals surface area contributed by atoms with Crippen molar-refractivity contribution in [2.24, 2.45) is 0 Å². The van der Waals surface area contributed by atoms with Crippen molar-refractivity contribution in [2.45, 2.75) is 32.1 Å². The fraction of sp³-hybridized carbons (Fsp3) is 0.304. The van der Waals surface area contributed by atoms with Crippen LogP contribution in [0.2, 0.25) is 0 Å². The third-order valence-corrected chi connectivity index (χ3v) is 5.36. The third kappa shape index (κ3) is 4.79. The van der Waals surface area contributed by atoms with Crippen molar-refractivity contribution in [3.63, 3.8) is 0 Å². The van der Waals surface area contributed by atoms with E-state index in [1.165, 1.54) is 11.1 Å². The zero-order valence-electron chi connectivity index (χ0n) is 17.9. The Morgan fingerprint density at radius 2 is 1.91 bits per heavy atom. The lowest BCUT2D eigenvalue weighted by molar-refractivity contribution is 0.0257. The van der Waals surface area contributed by atoms with Gasteiger partial charge in [-0.05, 0) is 36.2 Å². The van der Waals surface area contributed by atoms with Crippen LogP contribution in [0.3, 0.4) is 0 Å². The average Bonchev–Trinajstić information content (AvgIpc) is 3.15. The van der Waals surface area contributed by atoms with E-state index in [1.54, 1.807) is 12.1 Å². The monoisotopic (exact) mass is 459 g/mol. The summed E-state index contributed by atoms with van der Waals surface area (Å²) in [6.45, 7) is 3.27. The number of aromatic nitrogens is 3. The average molecular weight is 459 g/mol. The minimum atomic E-state index is -2.94. The standard InChI is InChI=1S/C23H21F4N5O/c1-13(2)18-6-3-14(10-28-18)22(33)31-20-19(16-9-15(24)4-5-17(16)25)29-12-30-21(20)32-8-7-23(26,27)11-32/h3-6,9-10,12-13H,7-8,11H2,1-2H3,(H,31,33). The maximum absolute atomic E-state index is 14.6. The summed E-state index contributed by atoms with van der Waals surface area (Å²) in [6, 6.07) is 6.08. The van der Waals surface area contributed by atoms with Gasteiger partial charge in [0.05, 0.1) is 12.1 Å². The number of carbonyl (C=O) groups is 1. The number of rotatable bonds is 5. The molecular formula is C23H21F4N5O. The Morgan fingerprint density at radius 3 is 2.55 bits per heavy atom. The van der Waals surface area contributed by atoms with Gasteiger partial charge in [0.15, 0.2) is 5.82 Å². The van der Waals surface area contributed by atoms with Crippen molar-refractivity contribution < 1.29 is 22.4 Å². The first-order valence-corrected chi connectivity index (χ1v) is 10.3. The number of hydrogen-bond acceptors (Lipinski definition) is 5. The molecule has 0 aliphatic carbocycles. The Kier molecular flexibility index (Phi) is 6.01. The highest BCUT2D eigenvalue weighted by molar-refractivity contribution is 6.07. The van der Waals surface area contributed by atoms with E-state index in [4.69, 9.17) is 0 Å². The summed E-state index contributed by atoms with van der Waals surface area (Å²) in [5.41, 5.74) is 0.557. The third-order valence-electron chi connectivity index (χ3n) is 5.36. The molecule has 0 saturated carbocycles. The van der Waals surface area contributed by atoms with E-state index >= 15 is 0 Å². The number of amides is 1. The predicted molar refractivity (Wildman–Crippen MR) is 115 cm³/mol. The fourth-order valence-corrected chi connectivity index (χ4v) is 3.60. The molecule has 4 rings (SSSR count). The second-order valence-electron chi connectivity index (χ2n) is 8.15. The molecule has 0 unspecified atom stereocenters. The van der Waals surface area contributed by atoms with Crippen LogP contribution in [-0.2, 0) is 0 Å². The number of carbonyl (C=O) groups excluding carboxylic acids is 1. The zero-order valence-corrected chi connectivity index (χ0v) is 17.9. The molecule has 1 aromatic carbocycles. The Bertz CT molecular complexity index is 1180. The highest BCUT2D eigenvalue weighted by atomic mass is 19.3. The molecule has 3 heterocycles. The number of alkyl halides is 2. The molecule has 2 aromatic heterocycles. The molecular weight excluding hydrogens is 438 g/mol. The number of benzene rings is 1. The van der Waals surface area contributed by atoms with Gasteiger partial charge in [-0.3, -0.25) is 9.78 Å². The van der Waals surface area contributed by atoms with Gasteiger partial charge in [-0.2, -0.15) is 0 Å². The summed E-state index contributed by atoms with van der Waals surface area (Å²) in [7, 11) is 0. The van der Waals surface area contributed by atoms with Gasteiger partial charge in [-0.25, -0.2) is 27.5 Å². The first-order chi connectivity index (χ1) is 15.6. The van der Waals surface area contributed by atoms with Crippen LogP contribution in [0.4, 0.5) is 29.1 Å². The second-order valence-corrected chi connectivity index (χ2v) is 8.15. The molecule has 0 bridgehead atoms. The zero-order chi connectivity index (χ0) is 23.8. The van der Waals surface area contributed by atoms with Crippen LogP contribution in [-0.4, -0.2) is 39.9 Å². The highest BCUT2D eigenvalue weighted by Gasteiger charge is 2.40. The van der Waals surface area contributed by atoms with Crippen LogP contribution in [0.5, 0.6) is 0 Å². The highest BCUT2D eigenvalue weighted by Crippen LogP contribution is 2.38. The molecule has 1 amide bonds. The number of nitrogens with zero attached hydrogens (tertiary/aromatic N) is 4. The quantitative estimate of drug-likeness (QED) is 0.542. The minimum Gasteiger partial charge on any atom is -0.349 e. The van der Waals surface area contributed by atoms with Crippen LogP contribution in [0.15, 0.2) is 42.9 Å². The smallest absolute Gasteiger partial charge is 0.266 e. The van der Waals surface area contributed by atoms with E-state index < -0.39 is 36.4 Å². The van der Waals surface area contributed by atoms with Gasteiger partial charge in [0.2, 0.25) is 0 Å². The van der Waals surface area contributed by atoms with E-state index in [1.807, 2.05) is 13.8 Å². The van der Waals surface area contributed by atoms with Gasteiger partial charge in [-0.15, -0.1) is 0 Å². The van der Waals surface area contributed by atoms with Gasteiger partial charge in [0.1, 0.15) is 29.3 Å². The van der Waals surface area contributed by atoms with E-state index in [0.29, 0.717) is 0 Å². The van der Waals surface area contributed by atoms with E-state index in [2.05, 4.69) is 20.3 Å². The topological polar surface area (TPSA) is 71.0 Å². The number of anilines is 2. The van der Waals surface area contributed by atoms with E-state index in [9.17, 15) is 22.4 Å². The van der Waals surface area contributed by atoms with Crippen LogP contribution in [0, 0.1) is 11.6 Å². The molecule has 0 atom stereocenters. The molecule has 10 heteroatoms. The largest absolute Gasteiger partial charge is 0.349 e. The van der Waals surface area contributed by atoms with Crippen molar-refractivity contribution in [1.82, 2.24) is 15.0 Å². The summed E-state index contributed by atoms with van der Waals surface area (Å²) >= 11 is 0. The Morgan fingerprint density at radius 1 is 1.12 bits per heavy atom. The first-order valence-electron chi connectivity index (χ1n) is 10.3. The fourth-order valence-electron chi connectivity index (χ4n) is 3.60. The van der Waals surface area contributed by atoms with Crippen LogP contribution in [0.1, 0.15) is 42.2 Å². The van der Waals surface area contributed by atoms with Crippen molar-refractivity contribution >= 4 is 17.4 Å². The summed E-state index contributed by atoms with van der Waals surface area (Å²) in [5.74, 6) is -4.89. The maximum atomic E-state index is 14.6. The molecule has 1 fully saturated rings. The normalized spacial score (nSPS) is 15.2. The Balaban J connectivity index is 1.78. The van der Waals surface area contributed by atoms with Gasteiger partial charge in [0, 0.05) is 30.4 Å². The molecule has 0 spiro atoms. The van der Waals surface area contributed by atoms with Crippen molar-refractivity contribution in [3.8, 4) is 11.3 Å². The van der Waals surface area contributed by atoms with Gasteiger partial charge < -0.3 is 10.2 Å². The SMILES string of the molecule is CC(C)c1ccc(C(=O)Nc2c(-c3cc(F)ccc3F)ncnc2N2CCC(F)(F)C2)cn1. The molecule has 172 valence electrons. The Labute approximate surface area is 187 Å². The molecule has 1 N–H and O–H groups in total. The first kappa shape index (κ1) is 22.6. The number of halogens is 4. The van der Waals surface area contributed by atoms with Gasteiger partial charge in [-0.1, -0.05) is 13.8 Å². The van der Waals surface area contributed by atoms with E-state index in [0.717, 1.165) is 30.2 Å².